The third-order valence-electron chi connectivity index (χ3n) is 4.53. The van der Waals surface area contributed by atoms with E-state index in [4.69, 9.17) is 0 Å². The number of rotatable bonds is 15. The Morgan fingerprint density at radius 1 is 0.429 bits per heavy atom. The normalized spacial score (nSPS) is 12.2. The number of alkyl halides is 7. The minimum absolute atomic E-state index is 1.37. The molecule has 0 atom stereocenters. The Morgan fingerprint density at radius 2 is 0.607 bits per heavy atom. The Hall–Kier alpha value is -0.490. The van der Waals surface area contributed by atoms with E-state index in [0.717, 1.165) is 0 Å². The summed E-state index contributed by atoms with van der Waals surface area (Å²) in [7, 11) is 0. The van der Waals surface area contributed by atoms with Crippen molar-refractivity contribution in [2.24, 2.45) is 0 Å². The zero-order valence-corrected chi connectivity index (χ0v) is 17.5. The van der Waals surface area contributed by atoms with Crippen LogP contribution < -0.4 is 0 Å². The molecule has 0 radical (unpaired) electrons. The summed E-state index contributed by atoms with van der Waals surface area (Å²) in [5.74, 6) is 0. The summed E-state index contributed by atoms with van der Waals surface area (Å²) in [5, 5.41) is 0. The molecule has 0 aliphatic heterocycles. The van der Waals surface area contributed by atoms with Crippen molar-refractivity contribution >= 4 is 0 Å². The van der Waals surface area contributed by atoms with Crippen LogP contribution in [0, 0.1) is 0 Å². The maximum Gasteiger partial charge on any atom is 0.428 e. The molecule has 0 heterocycles. The smallest absolute Gasteiger partial charge is 0.227 e. The van der Waals surface area contributed by atoms with Gasteiger partial charge in [0.05, 0.1) is 0 Å². The first-order valence-electron chi connectivity index (χ1n) is 10.8. The molecule has 0 amide bonds. The van der Waals surface area contributed by atoms with Crippen LogP contribution in [0.15, 0.2) is 0 Å². The Kier molecular flexibility index (Phi) is 19.7. The van der Waals surface area contributed by atoms with E-state index in [1.54, 1.807) is 0 Å². The molecule has 0 unspecified atom stereocenters. The number of hydrogen-bond donors (Lipinski definition) is 0. The van der Waals surface area contributed by atoms with Gasteiger partial charge in [-0.25, -0.2) is 4.39 Å². The second-order valence-corrected chi connectivity index (χ2v) is 7.40. The van der Waals surface area contributed by atoms with Gasteiger partial charge in [0.15, 0.2) is 0 Å². The lowest BCUT2D eigenvalue weighted by Crippen LogP contribution is -2.38. The fourth-order valence-corrected chi connectivity index (χ4v) is 2.81. The predicted octanol–water partition coefficient (Wildman–Crippen LogP) is 9.72. The molecular formula is C21H39F7. The molecule has 0 aliphatic carbocycles. The third-order valence-corrected chi connectivity index (χ3v) is 4.53. The van der Waals surface area contributed by atoms with Crippen molar-refractivity contribution in [3.8, 4) is 0 Å². The highest BCUT2D eigenvalue weighted by Crippen LogP contribution is 2.35. The van der Waals surface area contributed by atoms with Crippen LogP contribution >= 0.6 is 0 Å². The average Bonchev–Trinajstić information content (AvgIpc) is 2.60. The molecule has 172 valence electrons. The first-order valence-corrected chi connectivity index (χ1v) is 10.8. The maximum absolute atomic E-state index is 11.2. The Bertz CT molecular complexity index is 281. The van der Waals surface area contributed by atoms with Crippen LogP contribution in [0.1, 0.15) is 117 Å². The standard InChI is InChI=1S/C18H38.C3HF7/c1-3-5-7-9-11-13-15-17-18-16-14-12-10-8-6-4-2;4-1(2(5,6)7)3(8,9)10/h3-18H2,1-2H3;1H. The molecule has 0 aromatic heterocycles. The molecule has 0 fully saturated rings. The molecule has 0 nitrogen and oxygen atoms in total. The highest BCUT2D eigenvalue weighted by Gasteiger charge is 2.57. The first-order chi connectivity index (χ1) is 13.1. The topological polar surface area (TPSA) is 0 Å². The summed E-state index contributed by atoms with van der Waals surface area (Å²) < 4.78 is 76.3. The minimum Gasteiger partial charge on any atom is -0.227 e. The van der Waals surface area contributed by atoms with Crippen LogP contribution in [-0.4, -0.2) is 18.5 Å². The van der Waals surface area contributed by atoms with Gasteiger partial charge < -0.3 is 0 Å². The lowest BCUT2D eigenvalue weighted by Gasteiger charge is -2.14. The SMILES string of the molecule is CCCCCCCCCCCCCCCCCC.FC(C(F)(F)F)C(F)(F)F. The van der Waals surface area contributed by atoms with E-state index >= 15 is 0 Å². The van der Waals surface area contributed by atoms with E-state index in [1.807, 2.05) is 0 Å². The van der Waals surface area contributed by atoms with Gasteiger partial charge in [-0.15, -0.1) is 0 Å². The lowest BCUT2D eigenvalue weighted by atomic mass is 10.0. The van der Waals surface area contributed by atoms with Gasteiger partial charge in [-0.3, -0.25) is 0 Å². The highest BCUT2D eigenvalue weighted by atomic mass is 19.4. The van der Waals surface area contributed by atoms with Crippen LogP contribution in [0.5, 0.6) is 0 Å². The second-order valence-electron chi connectivity index (χ2n) is 7.40. The summed E-state index contributed by atoms with van der Waals surface area (Å²) >= 11 is 0. The van der Waals surface area contributed by atoms with Crippen molar-refractivity contribution in [2.75, 3.05) is 0 Å². The lowest BCUT2D eigenvalue weighted by molar-refractivity contribution is -0.285. The van der Waals surface area contributed by atoms with E-state index in [0.29, 0.717) is 0 Å². The first kappa shape index (κ1) is 29.7. The second kappa shape index (κ2) is 18.5. The molecule has 0 rings (SSSR count). The van der Waals surface area contributed by atoms with Crippen LogP contribution in [0.2, 0.25) is 0 Å². The van der Waals surface area contributed by atoms with Crippen LogP contribution in [-0.2, 0) is 0 Å². The Labute approximate surface area is 166 Å². The molecule has 0 aromatic carbocycles. The molecule has 0 saturated heterocycles. The average molecular weight is 425 g/mol. The van der Waals surface area contributed by atoms with Crippen molar-refractivity contribution in [1.82, 2.24) is 0 Å². The number of unbranched alkanes of at least 4 members (excludes halogenated alkanes) is 15. The summed E-state index contributed by atoms with van der Waals surface area (Å²) in [6, 6.07) is 0. The summed E-state index contributed by atoms with van der Waals surface area (Å²) in [4.78, 5) is 0. The van der Waals surface area contributed by atoms with Gasteiger partial charge >= 0.3 is 12.4 Å². The fraction of sp³-hybridized carbons (Fsp3) is 1.00. The third kappa shape index (κ3) is 21.8. The van der Waals surface area contributed by atoms with Gasteiger partial charge in [0.2, 0.25) is 0 Å². The predicted molar refractivity (Wildman–Crippen MR) is 102 cm³/mol. The van der Waals surface area contributed by atoms with E-state index < -0.39 is 18.5 Å². The zero-order valence-electron chi connectivity index (χ0n) is 17.5. The summed E-state index contributed by atoms with van der Waals surface area (Å²) in [5.41, 5.74) is 0. The zero-order chi connectivity index (χ0) is 21.9. The quantitative estimate of drug-likeness (QED) is 0.181. The fourth-order valence-electron chi connectivity index (χ4n) is 2.81. The highest BCUT2D eigenvalue weighted by molar-refractivity contribution is 4.73. The van der Waals surface area contributed by atoms with Crippen molar-refractivity contribution in [1.29, 1.82) is 0 Å². The molecule has 0 saturated carbocycles. The van der Waals surface area contributed by atoms with Gasteiger partial charge in [-0.05, 0) is 0 Å². The molecule has 0 aromatic rings. The van der Waals surface area contributed by atoms with Gasteiger partial charge in [0.25, 0.3) is 6.17 Å². The van der Waals surface area contributed by atoms with Crippen LogP contribution in [0.4, 0.5) is 30.7 Å². The molecule has 7 heteroatoms. The molecular weight excluding hydrogens is 385 g/mol. The molecule has 0 bridgehead atoms. The van der Waals surface area contributed by atoms with Crippen LogP contribution in [0.25, 0.3) is 0 Å². The molecule has 0 N–H and O–H groups in total. The summed E-state index contributed by atoms with van der Waals surface area (Å²) in [6.45, 7) is 4.59. The van der Waals surface area contributed by atoms with Crippen molar-refractivity contribution in [3.63, 3.8) is 0 Å². The number of hydrogen-bond acceptors (Lipinski definition) is 0. The van der Waals surface area contributed by atoms with Gasteiger partial charge in [0, 0.05) is 0 Å². The Morgan fingerprint density at radius 3 is 0.714 bits per heavy atom. The number of halogens is 7. The maximum atomic E-state index is 11.2. The van der Waals surface area contributed by atoms with E-state index in [9.17, 15) is 30.7 Å². The van der Waals surface area contributed by atoms with E-state index in [-0.39, 0.29) is 0 Å². The van der Waals surface area contributed by atoms with E-state index in [2.05, 4.69) is 13.8 Å². The van der Waals surface area contributed by atoms with Crippen molar-refractivity contribution in [3.05, 3.63) is 0 Å². The van der Waals surface area contributed by atoms with Crippen LogP contribution in [0.3, 0.4) is 0 Å². The van der Waals surface area contributed by atoms with Gasteiger partial charge in [0.1, 0.15) is 0 Å². The van der Waals surface area contributed by atoms with Crippen molar-refractivity contribution < 1.29 is 30.7 Å². The largest absolute Gasteiger partial charge is 0.428 e. The molecule has 28 heavy (non-hydrogen) atoms. The molecule has 0 aliphatic rings. The molecule has 0 spiro atoms. The summed E-state index contributed by atoms with van der Waals surface area (Å²) in [6.07, 6.45) is 6.98. The van der Waals surface area contributed by atoms with Crippen molar-refractivity contribution in [2.45, 2.75) is 135 Å². The van der Waals surface area contributed by atoms with E-state index in [1.165, 1.54) is 103 Å². The van der Waals surface area contributed by atoms with Gasteiger partial charge in [-0.2, -0.15) is 26.3 Å². The Balaban J connectivity index is 0. The monoisotopic (exact) mass is 424 g/mol. The minimum atomic E-state index is -5.85. The van der Waals surface area contributed by atoms with Gasteiger partial charge in [-0.1, -0.05) is 117 Å².